The zero-order valence-electron chi connectivity index (χ0n) is 22.9. The third-order valence-electron chi connectivity index (χ3n) is 7.75. The highest BCUT2D eigenvalue weighted by molar-refractivity contribution is 5.86. The number of rotatable bonds is 9. The van der Waals surface area contributed by atoms with E-state index in [-0.39, 0.29) is 18.6 Å². The highest BCUT2D eigenvalue weighted by Gasteiger charge is 2.32. The summed E-state index contributed by atoms with van der Waals surface area (Å²) in [6.45, 7) is 5.62. The number of Topliss-reactive ketones (excluding diaryl/α,β-unsaturated/α-hetero) is 1. The monoisotopic (exact) mass is 577 g/mol. The Balaban J connectivity index is 1.03. The van der Waals surface area contributed by atoms with Crippen molar-refractivity contribution in [2.45, 2.75) is 31.5 Å². The Kier molecular flexibility index (Phi) is 8.03. The van der Waals surface area contributed by atoms with Crippen molar-refractivity contribution in [2.75, 3.05) is 44.3 Å². The van der Waals surface area contributed by atoms with Crippen LogP contribution in [0.1, 0.15) is 23.2 Å². The van der Waals surface area contributed by atoms with Gasteiger partial charge in [0.1, 0.15) is 23.6 Å². The maximum Gasteiger partial charge on any atom is 0.433 e. The number of alkyl halides is 3. The molecule has 2 aromatic heterocycles. The zero-order valence-corrected chi connectivity index (χ0v) is 22.9. The van der Waals surface area contributed by atoms with E-state index >= 15 is 0 Å². The van der Waals surface area contributed by atoms with Crippen molar-refractivity contribution in [1.82, 2.24) is 19.9 Å². The molecule has 0 radical (unpaired) electrons. The average Bonchev–Trinajstić information content (AvgIpc) is 2.96. The van der Waals surface area contributed by atoms with Crippen molar-refractivity contribution in [1.29, 1.82) is 0 Å². The third kappa shape index (κ3) is 6.52. The Hall–Kier alpha value is -4.09. The number of fused-ring (bicyclic) bond motifs is 1. The van der Waals surface area contributed by atoms with Crippen LogP contribution < -0.4 is 9.64 Å². The molecule has 6 rings (SSSR count). The van der Waals surface area contributed by atoms with Gasteiger partial charge in [0.2, 0.25) is 5.88 Å². The highest BCUT2D eigenvalue weighted by atomic mass is 19.4. The number of nitrogens with zero attached hydrogens (tertiary/aromatic N) is 5. The molecule has 42 heavy (non-hydrogen) atoms. The first kappa shape index (κ1) is 28.0. The summed E-state index contributed by atoms with van der Waals surface area (Å²) in [6, 6.07) is 16.2. The summed E-state index contributed by atoms with van der Waals surface area (Å²) in [5, 5.41) is 0.809. The van der Waals surface area contributed by atoms with E-state index < -0.39 is 11.9 Å². The van der Waals surface area contributed by atoms with Crippen LogP contribution in [-0.4, -0.2) is 71.1 Å². The van der Waals surface area contributed by atoms with E-state index in [9.17, 15) is 18.0 Å². The predicted molar refractivity (Wildman–Crippen MR) is 151 cm³/mol. The van der Waals surface area contributed by atoms with Crippen molar-refractivity contribution in [2.24, 2.45) is 0 Å². The zero-order chi connectivity index (χ0) is 29.1. The molecule has 218 valence electrons. The van der Waals surface area contributed by atoms with Crippen molar-refractivity contribution < 1.29 is 27.4 Å². The molecule has 2 aliphatic rings. The molecule has 0 bridgehead atoms. The number of piperazine rings is 1. The number of hydrogen-bond acceptors (Lipinski definition) is 8. The molecule has 11 heteroatoms. The minimum atomic E-state index is -4.48. The Morgan fingerprint density at radius 2 is 1.69 bits per heavy atom. The predicted octanol–water partition coefficient (Wildman–Crippen LogP) is 5.10. The topological polar surface area (TPSA) is 80.7 Å². The summed E-state index contributed by atoms with van der Waals surface area (Å²) in [5.41, 5.74) is 2.40. The largest absolute Gasteiger partial charge is 0.438 e. The molecule has 0 atom stereocenters. The molecule has 0 unspecified atom stereocenters. The van der Waals surface area contributed by atoms with E-state index in [1.54, 1.807) is 12.1 Å². The number of ether oxygens (including phenoxy) is 2. The van der Waals surface area contributed by atoms with E-state index in [4.69, 9.17) is 9.47 Å². The first-order valence-electron chi connectivity index (χ1n) is 13.9. The molecule has 2 aliphatic heterocycles. The number of ketones is 1. The van der Waals surface area contributed by atoms with Crippen LogP contribution in [0.15, 0.2) is 67.1 Å². The molecule has 0 N–H and O–H groups in total. The van der Waals surface area contributed by atoms with Gasteiger partial charge in [0.15, 0.2) is 0 Å². The van der Waals surface area contributed by atoms with Crippen LogP contribution in [-0.2, 0) is 28.5 Å². The van der Waals surface area contributed by atoms with Gasteiger partial charge in [-0.15, -0.1) is 0 Å². The van der Waals surface area contributed by atoms with Gasteiger partial charge in [-0.1, -0.05) is 18.2 Å². The Morgan fingerprint density at radius 3 is 2.36 bits per heavy atom. The standard InChI is InChI=1S/C31H30F3N5O3/c32-31(33,34)29-10-4-22(17-35-29)1-6-25(40)15-21-2-7-26(8-3-21)42-30-27-9-5-23(16-28(27)36-20-37-30)38-11-13-39(14-12-38)24-18-41-19-24/h2-5,7-10,16-17,20,24H,1,6,11-15,18-19H2. The molecule has 2 saturated heterocycles. The molecule has 2 aromatic carbocycles. The van der Waals surface area contributed by atoms with Gasteiger partial charge in [0, 0.05) is 50.9 Å². The molecular weight excluding hydrogens is 547 g/mol. The van der Waals surface area contributed by atoms with Crippen molar-refractivity contribution in [3.63, 3.8) is 0 Å². The van der Waals surface area contributed by atoms with Crippen LogP contribution in [0.4, 0.5) is 18.9 Å². The lowest BCUT2D eigenvalue weighted by Crippen LogP contribution is -2.56. The summed E-state index contributed by atoms with van der Waals surface area (Å²) in [5.74, 6) is 1.03. The van der Waals surface area contributed by atoms with Gasteiger partial charge in [-0.25, -0.2) is 9.97 Å². The Labute approximate surface area is 241 Å². The molecule has 2 fully saturated rings. The molecule has 4 heterocycles. The summed E-state index contributed by atoms with van der Waals surface area (Å²) in [4.78, 5) is 29.6. The van der Waals surface area contributed by atoms with Gasteiger partial charge in [-0.05, 0) is 53.9 Å². The second-order valence-electron chi connectivity index (χ2n) is 10.6. The number of anilines is 1. The van der Waals surface area contributed by atoms with Crippen molar-refractivity contribution in [3.05, 3.63) is 83.9 Å². The summed E-state index contributed by atoms with van der Waals surface area (Å²) < 4.78 is 49.4. The lowest BCUT2D eigenvalue weighted by atomic mass is 10.0. The van der Waals surface area contributed by atoms with Crippen LogP contribution in [0, 0.1) is 0 Å². The molecule has 0 spiro atoms. The van der Waals surface area contributed by atoms with Gasteiger partial charge in [-0.2, -0.15) is 13.2 Å². The number of halogens is 3. The van der Waals surface area contributed by atoms with Crippen LogP contribution in [0.5, 0.6) is 11.6 Å². The molecular formula is C31H30F3N5O3. The quantitative estimate of drug-likeness (QED) is 0.272. The third-order valence-corrected chi connectivity index (χ3v) is 7.75. The number of benzene rings is 2. The first-order valence-corrected chi connectivity index (χ1v) is 13.9. The van der Waals surface area contributed by atoms with Crippen molar-refractivity contribution in [3.8, 4) is 11.6 Å². The number of carbonyl (C=O) groups is 1. The maximum absolute atomic E-state index is 12.7. The minimum Gasteiger partial charge on any atom is -0.438 e. The second kappa shape index (κ2) is 12.0. The van der Waals surface area contributed by atoms with Crippen LogP contribution in [0.25, 0.3) is 10.9 Å². The normalized spacial score (nSPS) is 16.4. The molecule has 8 nitrogen and oxygen atoms in total. The molecule has 0 saturated carbocycles. The second-order valence-corrected chi connectivity index (χ2v) is 10.6. The SMILES string of the molecule is O=C(CCc1ccc(C(F)(F)F)nc1)Cc1ccc(Oc2ncnc3cc(N4CCN(C5COC5)CC4)ccc23)cc1. The summed E-state index contributed by atoms with van der Waals surface area (Å²) in [6.07, 6.45) is -1.04. The van der Waals surface area contributed by atoms with E-state index in [1.165, 1.54) is 18.6 Å². The van der Waals surface area contributed by atoms with Crippen LogP contribution in [0.2, 0.25) is 0 Å². The van der Waals surface area contributed by atoms with E-state index in [0.29, 0.717) is 29.7 Å². The van der Waals surface area contributed by atoms with Crippen molar-refractivity contribution >= 4 is 22.4 Å². The van der Waals surface area contributed by atoms with E-state index in [1.807, 2.05) is 18.2 Å². The average molecular weight is 578 g/mol. The Morgan fingerprint density at radius 1 is 0.929 bits per heavy atom. The number of aryl methyl sites for hydroxylation is 1. The van der Waals surface area contributed by atoms with Gasteiger partial charge >= 0.3 is 6.18 Å². The molecule has 0 aliphatic carbocycles. The van der Waals surface area contributed by atoms with Gasteiger partial charge < -0.3 is 14.4 Å². The number of aromatic nitrogens is 3. The van der Waals surface area contributed by atoms with E-state index in [0.717, 1.165) is 67.6 Å². The smallest absolute Gasteiger partial charge is 0.433 e. The Bertz CT molecular complexity index is 1530. The minimum absolute atomic E-state index is 0.0142. The first-order chi connectivity index (χ1) is 20.3. The maximum atomic E-state index is 12.7. The summed E-state index contributed by atoms with van der Waals surface area (Å²) >= 11 is 0. The summed E-state index contributed by atoms with van der Waals surface area (Å²) in [7, 11) is 0. The molecule has 0 amide bonds. The van der Waals surface area contributed by atoms with E-state index in [2.05, 4.69) is 36.9 Å². The lowest BCUT2D eigenvalue weighted by Gasteiger charge is -2.43. The van der Waals surface area contributed by atoms with Crippen LogP contribution >= 0.6 is 0 Å². The fourth-order valence-electron chi connectivity index (χ4n) is 5.20. The fourth-order valence-corrected chi connectivity index (χ4v) is 5.20. The lowest BCUT2D eigenvalue weighted by molar-refractivity contribution is -0.141. The number of carbonyl (C=O) groups excluding carboxylic acids is 1. The fraction of sp³-hybridized carbons (Fsp3) is 0.355. The van der Waals surface area contributed by atoms with Gasteiger partial charge in [-0.3, -0.25) is 14.7 Å². The van der Waals surface area contributed by atoms with Crippen LogP contribution in [0.3, 0.4) is 0 Å². The van der Waals surface area contributed by atoms with Gasteiger partial charge in [0.05, 0.1) is 30.2 Å². The number of hydrogen-bond donors (Lipinski definition) is 0. The highest BCUT2D eigenvalue weighted by Crippen LogP contribution is 2.31. The van der Waals surface area contributed by atoms with Gasteiger partial charge in [0.25, 0.3) is 0 Å². The molecule has 4 aromatic rings. The number of pyridine rings is 1.